The van der Waals surface area contributed by atoms with E-state index in [0.717, 1.165) is 18.4 Å². The maximum absolute atomic E-state index is 12.4. The van der Waals surface area contributed by atoms with Gasteiger partial charge in [0.05, 0.1) is 4.91 Å². The number of hydrogen-bond donors (Lipinski definition) is 2. The Bertz CT molecular complexity index is 657. The number of aliphatic carboxylic acids is 1. The van der Waals surface area contributed by atoms with E-state index in [9.17, 15) is 14.7 Å². The molecule has 1 saturated heterocycles. The summed E-state index contributed by atoms with van der Waals surface area (Å²) in [6, 6.07) is 6.67. The first-order valence-corrected chi connectivity index (χ1v) is 8.46. The van der Waals surface area contributed by atoms with Crippen LogP contribution in [0.4, 0.5) is 0 Å². The molecule has 2 N–H and O–H groups in total. The van der Waals surface area contributed by atoms with Crippen molar-refractivity contribution in [1.82, 2.24) is 4.90 Å². The zero-order valence-corrected chi connectivity index (χ0v) is 14.0. The summed E-state index contributed by atoms with van der Waals surface area (Å²) < 4.78 is 0.514. The normalized spacial score (nSPS) is 16.3. The summed E-state index contributed by atoms with van der Waals surface area (Å²) in [4.78, 5) is 24.9. The van der Waals surface area contributed by atoms with Crippen LogP contribution in [0.1, 0.15) is 31.2 Å². The Morgan fingerprint density at radius 1 is 1.30 bits per heavy atom. The molecule has 0 bridgehead atoms. The van der Waals surface area contributed by atoms with Crippen LogP contribution in [0.25, 0.3) is 6.08 Å². The summed E-state index contributed by atoms with van der Waals surface area (Å²) in [5, 5.41) is 18.1. The highest BCUT2D eigenvalue weighted by Gasteiger charge is 2.31. The minimum atomic E-state index is -0.801. The first-order valence-electron chi connectivity index (χ1n) is 7.23. The van der Waals surface area contributed by atoms with E-state index in [-0.39, 0.29) is 18.1 Å². The Morgan fingerprint density at radius 3 is 2.78 bits per heavy atom. The van der Waals surface area contributed by atoms with E-state index < -0.39 is 5.97 Å². The van der Waals surface area contributed by atoms with Gasteiger partial charge in [0.25, 0.3) is 5.91 Å². The predicted molar refractivity (Wildman–Crippen MR) is 94.1 cm³/mol. The molecule has 0 unspecified atom stereocenters. The number of unbranched alkanes of at least 4 members (excludes halogenated alkanes) is 2. The molecule has 1 amide bonds. The number of carboxylic acid groups (broad SMARTS) is 1. The van der Waals surface area contributed by atoms with Crippen LogP contribution in [0.2, 0.25) is 0 Å². The van der Waals surface area contributed by atoms with Crippen molar-refractivity contribution in [3.05, 3.63) is 34.7 Å². The highest BCUT2D eigenvalue weighted by molar-refractivity contribution is 8.26. The number of nitrogens with zero attached hydrogens (tertiary/aromatic N) is 1. The highest BCUT2D eigenvalue weighted by atomic mass is 32.2. The van der Waals surface area contributed by atoms with Gasteiger partial charge in [0.15, 0.2) is 0 Å². The number of hydrogen-bond acceptors (Lipinski definition) is 5. The molecule has 1 aromatic rings. The van der Waals surface area contributed by atoms with E-state index in [0.29, 0.717) is 22.2 Å². The van der Waals surface area contributed by atoms with Gasteiger partial charge in [-0.05, 0) is 36.6 Å². The fraction of sp³-hybridized carbons (Fsp3) is 0.312. The zero-order chi connectivity index (χ0) is 16.8. The fourth-order valence-electron chi connectivity index (χ4n) is 2.18. The first kappa shape index (κ1) is 17.5. The fourth-order valence-corrected chi connectivity index (χ4v) is 3.49. The van der Waals surface area contributed by atoms with Gasteiger partial charge in [0.2, 0.25) is 0 Å². The number of phenols is 1. The number of thiocarbonyl (C=S) groups is 1. The zero-order valence-electron chi connectivity index (χ0n) is 12.4. The third-order valence-electron chi connectivity index (χ3n) is 3.31. The Kier molecular flexibility index (Phi) is 6.18. The number of carbonyl (C=O) groups excluding carboxylic acids is 1. The van der Waals surface area contributed by atoms with Crippen LogP contribution in [0, 0.1) is 0 Å². The van der Waals surface area contributed by atoms with Crippen molar-refractivity contribution in [2.45, 2.75) is 25.7 Å². The molecule has 7 heteroatoms. The Labute approximate surface area is 144 Å². The topological polar surface area (TPSA) is 77.8 Å². The summed E-state index contributed by atoms with van der Waals surface area (Å²) in [5.74, 6) is -0.793. The van der Waals surface area contributed by atoms with Crippen LogP contribution < -0.4 is 0 Å². The van der Waals surface area contributed by atoms with Crippen LogP contribution in [0.5, 0.6) is 5.75 Å². The lowest BCUT2D eigenvalue weighted by molar-refractivity contribution is -0.137. The van der Waals surface area contributed by atoms with Gasteiger partial charge in [-0.2, -0.15) is 0 Å². The van der Waals surface area contributed by atoms with Gasteiger partial charge in [-0.1, -0.05) is 42.5 Å². The Hall–Kier alpha value is -1.86. The van der Waals surface area contributed by atoms with Gasteiger partial charge in [0.1, 0.15) is 10.1 Å². The molecule has 0 aromatic heterocycles. The second kappa shape index (κ2) is 8.12. The maximum atomic E-state index is 12.4. The molecule has 5 nitrogen and oxygen atoms in total. The molecular weight excluding hydrogens is 334 g/mol. The quantitative estimate of drug-likeness (QED) is 0.446. The highest BCUT2D eigenvalue weighted by Crippen LogP contribution is 2.33. The van der Waals surface area contributed by atoms with Crippen LogP contribution >= 0.6 is 24.0 Å². The van der Waals surface area contributed by atoms with Crippen molar-refractivity contribution in [2.24, 2.45) is 0 Å². The molecule has 1 fully saturated rings. The van der Waals surface area contributed by atoms with E-state index in [1.54, 1.807) is 35.2 Å². The van der Waals surface area contributed by atoms with Crippen molar-refractivity contribution in [3.63, 3.8) is 0 Å². The number of aromatic hydroxyl groups is 1. The molecule has 0 aliphatic carbocycles. The average molecular weight is 351 g/mol. The van der Waals surface area contributed by atoms with E-state index in [4.69, 9.17) is 17.3 Å². The van der Waals surface area contributed by atoms with Gasteiger partial charge in [-0.25, -0.2) is 0 Å². The van der Waals surface area contributed by atoms with Gasteiger partial charge < -0.3 is 10.2 Å². The second-order valence-corrected chi connectivity index (χ2v) is 6.81. The van der Waals surface area contributed by atoms with E-state index in [1.165, 1.54) is 11.8 Å². The summed E-state index contributed by atoms with van der Waals surface area (Å²) >= 11 is 6.48. The minimum absolute atomic E-state index is 0.137. The monoisotopic (exact) mass is 351 g/mol. The Morgan fingerprint density at radius 2 is 2.09 bits per heavy atom. The molecule has 1 aliphatic heterocycles. The lowest BCUT2D eigenvalue weighted by atomic mass is 10.2. The smallest absolute Gasteiger partial charge is 0.303 e. The lowest BCUT2D eigenvalue weighted by Crippen LogP contribution is -2.29. The molecular formula is C16H17NO4S2. The van der Waals surface area contributed by atoms with Gasteiger partial charge in [0, 0.05) is 13.0 Å². The number of rotatable bonds is 7. The average Bonchev–Trinajstić information content (AvgIpc) is 2.74. The molecule has 0 atom stereocenters. The second-order valence-electron chi connectivity index (χ2n) is 5.13. The number of phenolic OH excluding ortho intramolecular Hbond substituents is 1. The van der Waals surface area contributed by atoms with Crippen molar-refractivity contribution in [3.8, 4) is 5.75 Å². The van der Waals surface area contributed by atoms with E-state index in [2.05, 4.69) is 0 Å². The molecule has 1 aromatic carbocycles. The number of amides is 1. The maximum Gasteiger partial charge on any atom is 0.303 e. The molecule has 2 rings (SSSR count). The van der Waals surface area contributed by atoms with Gasteiger partial charge in [-0.3, -0.25) is 14.5 Å². The van der Waals surface area contributed by atoms with Crippen molar-refractivity contribution >= 4 is 46.3 Å². The van der Waals surface area contributed by atoms with E-state index in [1.807, 2.05) is 0 Å². The predicted octanol–water partition coefficient (Wildman–Crippen LogP) is 3.24. The third-order valence-corrected chi connectivity index (χ3v) is 4.69. The largest absolute Gasteiger partial charge is 0.508 e. The summed E-state index contributed by atoms with van der Waals surface area (Å²) in [7, 11) is 0. The lowest BCUT2D eigenvalue weighted by Gasteiger charge is -2.13. The third kappa shape index (κ3) is 5.07. The molecule has 0 spiro atoms. The van der Waals surface area contributed by atoms with E-state index >= 15 is 0 Å². The van der Waals surface area contributed by atoms with Crippen molar-refractivity contribution in [2.75, 3.05) is 6.54 Å². The number of carboxylic acids is 1. The van der Waals surface area contributed by atoms with Gasteiger partial charge >= 0.3 is 5.97 Å². The van der Waals surface area contributed by atoms with Crippen molar-refractivity contribution < 1.29 is 19.8 Å². The number of thioether (sulfide) groups is 1. The van der Waals surface area contributed by atoms with Crippen molar-refractivity contribution in [1.29, 1.82) is 0 Å². The summed E-state index contributed by atoms with van der Waals surface area (Å²) in [6.07, 6.45) is 3.93. The van der Waals surface area contributed by atoms with Crippen LogP contribution in [-0.4, -0.2) is 37.9 Å². The molecule has 122 valence electrons. The summed E-state index contributed by atoms with van der Waals surface area (Å²) in [5.41, 5.74) is 0.743. The van der Waals surface area contributed by atoms with Crippen LogP contribution in [-0.2, 0) is 9.59 Å². The standard InChI is InChI=1S/C16H17NO4S2/c18-12-6-4-5-11(9-12)10-13-15(21)17(16(22)23-13)8-3-1-2-7-14(19)20/h4-6,9-10,18H,1-3,7-8H2,(H,19,20)/b13-10+. The van der Waals surface area contributed by atoms with Gasteiger partial charge in [-0.15, -0.1) is 0 Å². The van der Waals surface area contributed by atoms with Crippen LogP contribution in [0.15, 0.2) is 29.2 Å². The summed E-state index contributed by atoms with van der Waals surface area (Å²) in [6.45, 7) is 0.502. The molecule has 0 saturated carbocycles. The number of carbonyl (C=O) groups is 2. The van der Waals surface area contributed by atoms with Crippen LogP contribution in [0.3, 0.4) is 0 Å². The Balaban J connectivity index is 1.93. The first-order chi connectivity index (χ1) is 11.0. The molecule has 1 heterocycles. The SMILES string of the molecule is O=C(O)CCCCCN1C(=O)/C(=C\c2cccc(O)c2)SC1=S. The number of benzene rings is 1. The minimum Gasteiger partial charge on any atom is -0.508 e. The molecule has 23 heavy (non-hydrogen) atoms. The molecule has 0 radical (unpaired) electrons. The molecule has 1 aliphatic rings.